The Bertz CT molecular complexity index is 961. The molecule has 0 unspecified atom stereocenters. The highest BCUT2D eigenvalue weighted by Gasteiger charge is 2.17. The molecule has 0 fully saturated rings. The van der Waals surface area contributed by atoms with Gasteiger partial charge in [-0.05, 0) is 30.0 Å². The van der Waals surface area contributed by atoms with Crippen LogP contribution < -0.4 is 10.5 Å². The summed E-state index contributed by atoms with van der Waals surface area (Å²) in [6.07, 6.45) is 5.52. The lowest BCUT2D eigenvalue weighted by atomic mass is 10.1. The van der Waals surface area contributed by atoms with E-state index in [2.05, 4.69) is 53.4 Å². The van der Waals surface area contributed by atoms with Gasteiger partial charge in [-0.25, -0.2) is 4.98 Å². The second-order valence-corrected chi connectivity index (χ2v) is 6.73. The number of nitrogens with zero attached hydrogens (tertiary/aromatic N) is 5. The molecule has 28 heavy (non-hydrogen) atoms. The number of unbranched alkanes of at least 4 members (excludes halogenated alkanes) is 1. The topological polar surface area (TPSA) is 91.7 Å². The predicted molar refractivity (Wildman–Crippen MR) is 112 cm³/mol. The Morgan fingerprint density at radius 3 is 2.64 bits per heavy atom. The lowest BCUT2D eigenvalue weighted by Crippen LogP contribution is -2.08. The number of rotatable bonds is 9. The van der Waals surface area contributed by atoms with Gasteiger partial charge in [0.05, 0.1) is 18.8 Å². The third-order valence-corrected chi connectivity index (χ3v) is 4.71. The maximum atomic E-state index is 6.13. The first-order chi connectivity index (χ1) is 13.6. The van der Waals surface area contributed by atoms with Crippen LogP contribution in [0.1, 0.15) is 57.1 Å². The summed E-state index contributed by atoms with van der Waals surface area (Å²) >= 11 is 0. The molecule has 0 spiro atoms. The molecule has 2 N–H and O–H groups in total. The molecule has 0 aromatic carbocycles. The first-order valence-electron chi connectivity index (χ1n) is 9.85. The highest BCUT2D eigenvalue weighted by atomic mass is 16.5. The van der Waals surface area contributed by atoms with Crippen LogP contribution in [0.4, 0.5) is 5.82 Å². The quantitative estimate of drug-likeness (QED) is 0.564. The van der Waals surface area contributed by atoms with Crippen LogP contribution in [-0.4, -0.2) is 31.1 Å². The van der Waals surface area contributed by atoms with Gasteiger partial charge in [0.1, 0.15) is 5.82 Å². The largest absolute Gasteiger partial charge is 0.463 e. The van der Waals surface area contributed by atoms with Crippen molar-refractivity contribution in [3.05, 3.63) is 42.0 Å². The van der Waals surface area contributed by atoms with Crippen molar-refractivity contribution < 1.29 is 4.74 Å². The summed E-state index contributed by atoms with van der Waals surface area (Å²) < 4.78 is 7.71. The number of allylic oxidation sites excluding steroid dienone is 1. The fourth-order valence-electron chi connectivity index (χ4n) is 2.95. The molecule has 0 aliphatic heterocycles. The van der Waals surface area contributed by atoms with Crippen molar-refractivity contribution >= 4 is 22.6 Å². The van der Waals surface area contributed by atoms with Gasteiger partial charge < -0.3 is 15.0 Å². The SMILES string of the molecule is C=C(CC)c1ccc(Cn2c(CC)nc3c(N)nc(OCCCC)nc32)nc1. The van der Waals surface area contributed by atoms with E-state index in [4.69, 9.17) is 10.5 Å². The van der Waals surface area contributed by atoms with Crippen molar-refractivity contribution in [1.29, 1.82) is 0 Å². The molecular weight excluding hydrogens is 352 g/mol. The summed E-state index contributed by atoms with van der Waals surface area (Å²) in [7, 11) is 0. The number of fused-ring (bicyclic) bond motifs is 1. The number of hydrogen-bond acceptors (Lipinski definition) is 6. The average Bonchev–Trinajstić information content (AvgIpc) is 3.06. The molecule has 3 heterocycles. The summed E-state index contributed by atoms with van der Waals surface area (Å²) in [6, 6.07) is 4.37. The second-order valence-electron chi connectivity index (χ2n) is 6.73. The van der Waals surface area contributed by atoms with Crippen molar-refractivity contribution in [1.82, 2.24) is 24.5 Å². The monoisotopic (exact) mass is 380 g/mol. The number of nitrogens with two attached hydrogens (primary N) is 1. The summed E-state index contributed by atoms with van der Waals surface area (Å²) in [4.78, 5) is 18.1. The van der Waals surface area contributed by atoms with Crippen LogP contribution in [0, 0.1) is 0 Å². The normalized spacial score (nSPS) is 11.1. The van der Waals surface area contributed by atoms with Crippen molar-refractivity contribution in [2.24, 2.45) is 0 Å². The van der Waals surface area contributed by atoms with E-state index in [1.807, 2.05) is 16.8 Å². The number of aryl methyl sites for hydroxylation is 1. The van der Waals surface area contributed by atoms with Crippen molar-refractivity contribution in [3.63, 3.8) is 0 Å². The average molecular weight is 380 g/mol. The first kappa shape index (κ1) is 19.8. The highest BCUT2D eigenvalue weighted by Crippen LogP contribution is 2.23. The smallest absolute Gasteiger partial charge is 0.320 e. The molecule has 0 atom stereocenters. The van der Waals surface area contributed by atoms with Gasteiger partial charge in [-0.1, -0.05) is 39.8 Å². The van der Waals surface area contributed by atoms with Gasteiger partial charge >= 0.3 is 6.01 Å². The molecule has 7 nitrogen and oxygen atoms in total. The summed E-state index contributed by atoms with van der Waals surface area (Å²) in [5.41, 5.74) is 10.5. The van der Waals surface area contributed by atoms with Crippen LogP contribution >= 0.6 is 0 Å². The number of imidazole rings is 1. The lowest BCUT2D eigenvalue weighted by Gasteiger charge is -2.09. The van der Waals surface area contributed by atoms with Crippen LogP contribution in [0.25, 0.3) is 16.7 Å². The predicted octanol–water partition coefficient (Wildman–Crippen LogP) is 4.02. The zero-order valence-corrected chi connectivity index (χ0v) is 16.9. The van der Waals surface area contributed by atoms with Gasteiger partial charge in [-0.15, -0.1) is 0 Å². The molecule has 0 aliphatic carbocycles. The van der Waals surface area contributed by atoms with E-state index in [1.54, 1.807) is 0 Å². The number of nitrogen functional groups attached to an aromatic ring is 1. The molecular formula is C21H28N6O. The molecule has 0 saturated heterocycles. The first-order valence-corrected chi connectivity index (χ1v) is 9.85. The fourth-order valence-corrected chi connectivity index (χ4v) is 2.95. The van der Waals surface area contributed by atoms with Crippen molar-refractivity contribution in [3.8, 4) is 6.01 Å². The van der Waals surface area contributed by atoms with E-state index >= 15 is 0 Å². The molecule has 0 bridgehead atoms. The second kappa shape index (κ2) is 8.82. The molecule has 3 aromatic heterocycles. The summed E-state index contributed by atoms with van der Waals surface area (Å²) in [5, 5.41) is 0. The van der Waals surface area contributed by atoms with Crippen LogP contribution in [0.2, 0.25) is 0 Å². The van der Waals surface area contributed by atoms with E-state index in [1.165, 1.54) is 0 Å². The third-order valence-electron chi connectivity index (χ3n) is 4.71. The summed E-state index contributed by atoms with van der Waals surface area (Å²) in [5.74, 6) is 1.23. The fraction of sp³-hybridized carbons (Fsp3) is 0.429. The van der Waals surface area contributed by atoms with Gasteiger partial charge in [0.15, 0.2) is 17.0 Å². The van der Waals surface area contributed by atoms with E-state index in [0.717, 1.165) is 48.3 Å². The van der Waals surface area contributed by atoms with E-state index in [9.17, 15) is 0 Å². The minimum absolute atomic E-state index is 0.296. The standard InChI is InChI=1S/C21H28N6O/c1-5-8-11-28-21-25-19(22)18-20(26-21)27(17(7-3)24-18)13-16-10-9-15(12-23-16)14(4)6-2/h9-10,12H,4-8,11,13H2,1-3H3,(H2,22,25,26). The third kappa shape index (κ3) is 4.13. The molecule has 0 amide bonds. The molecule has 0 aliphatic rings. The zero-order valence-electron chi connectivity index (χ0n) is 16.9. The van der Waals surface area contributed by atoms with Crippen LogP contribution in [-0.2, 0) is 13.0 Å². The molecule has 7 heteroatoms. The Morgan fingerprint density at radius 1 is 1.18 bits per heavy atom. The van der Waals surface area contributed by atoms with E-state index in [-0.39, 0.29) is 0 Å². The molecule has 3 rings (SSSR count). The van der Waals surface area contributed by atoms with E-state index in [0.29, 0.717) is 36.1 Å². The minimum atomic E-state index is 0.296. The van der Waals surface area contributed by atoms with Gasteiger partial charge in [0, 0.05) is 12.6 Å². The number of pyridine rings is 1. The van der Waals surface area contributed by atoms with Crippen molar-refractivity contribution in [2.45, 2.75) is 53.0 Å². The molecule has 0 radical (unpaired) electrons. The lowest BCUT2D eigenvalue weighted by molar-refractivity contribution is 0.286. The zero-order chi connectivity index (χ0) is 20.1. The molecule has 0 saturated carbocycles. The van der Waals surface area contributed by atoms with Crippen molar-refractivity contribution in [2.75, 3.05) is 12.3 Å². The Morgan fingerprint density at radius 2 is 2.00 bits per heavy atom. The number of anilines is 1. The van der Waals surface area contributed by atoms with Crippen LogP contribution in [0.15, 0.2) is 24.9 Å². The van der Waals surface area contributed by atoms with Gasteiger partial charge in [-0.2, -0.15) is 9.97 Å². The highest BCUT2D eigenvalue weighted by molar-refractivity contribution is 5.82. The van der Waals surface area contributed by atoms with E-state index < -0.39 is 0 Å². The molecule has 3 aromatic rings. The Labute approximate surface area is 165 Å². The maximum Gasteiger partial charge on any atom is 0.320 e. The molecule has 148 valence electrons. The summed E-state index contributed by atoms with van der Waals surface area (Å²) in [6.45, 7) is 11.5. The number of hydrogen-bond donors (Lipinski definition) is 1. The number of ether oxygens (including phenoxy) is 1. The van der Waals surface area contributed by atoms with Gasteiger partial charge in [-0.3, -0.25) is 4.98 Å². The number of aromatic nitrogens is 5. The Kier molecular flexibility index (Phi) is 6.23. The minimum Gasteiger partial charge on any atom is -0.463 e. The van der Waals surface area contributed by atoms with Gasteiger partial charge in [0.2, 0.25) is 0 Å². The maximum absolute atomic E-state index is 6.13. The van der Waals surface area contributed by atoms with Crippen LogP contribution in [0.3, 0.4) is 0 Å². The Balaban J connectivity index is 1.95. The Hall–Kier alpha value is -2.96. The van der Waals surface area contributed by atoms with Crippen LogP contribution in [0.5, 0.6) is 6.01 Å². The van der Waals surface area contributed by atoms with Gasteiger partial charge in [0.25, 0.3) is 0 Å².